The molecule has 1 N–H and O–H groups in total. The maximum absolute atomic E-state index is 14.4. The number of ketones is 2. The van der Waals surface area contributed by atoms with Crippen molar-refractivity contribution in [1.29, 1.82) is 5.26 Å². The standard InChI is InChI=1S/C33H47NO3/c1-28(2)12-14-33(10-8-16-35)15-13-32(7)26(22(33)19-28)23(36)17-25-30(5)18-21(20-34)27(37)29(3,4)24(30)9-11-31(25,32)6/h17-18,22,24,26,35H,8-16,19H2,1-7H3/t22?,24?,26?,30-,31+,32+,33+/m0/s1. The van der Waals surface area contributed by atoms with Crippen molar-refractivity contribution in [2.24, 2.45) is 50.2 Å². The Hall–Kier alpha value is -1.73. The highest BCUT2D eigenvalue weighted by Crippen LogP contribution is 2.75. The number of nitriles is 1. The average molecular weight is 506 g/mol. The van der Waals surface area contributed by atoms with E-state index in [1.165, 1.54) is 12.0 Å². The number of aliphatic hydroxyl groups is 1. The molecular formula is C33H47NO3. The molecule has 0 bridgehead atoms. The third-order valence-electron chi connectivity index (χ3n) is 12.9. The van der Waals surface area contributed by atoms with Gasteiger partial charge in [0.25, 0.3) is 0 Å². The van der Waals surface area contributed by atoms with Crippen LogP contribution in [0.5, 0.6) is 0 Å². The Bertz CT molecular complexity index is 1140. The Balaban J connectivity index is 1.67. The lowest BCUT2D eigenvalue weighted by Gasteiger charge is -2.69. The molecule has 0 heterocycles. The normalized spacial score (nSPS) is 45.9. The minimum absolute atomic E-state index is 0.00827. The maximum atomic E-state index is 14.4. The smallest absolute Gasteiger partial charge is 0.178 e. The summed E-state index contributed by atoms with van der Waals surface area (Å²) in [5.41, 5.74) is 0.380. The van der Waals surface area contributed by atoms with Gasteiger partial charge < -0.3 is 5.11 Å². The molecule has 0 spiro atoms. The van der Waals surface area contributed by atoms with Crippen LogP contribution in [-0.4, -0.2) is 23.3 Å². The van der Waals surface area contributed by atoms with Gasteiger partial charge in [0.15, 0.2) is 11.6 Å². The summed E-state index contributed by atoms with van der Waals surface area (Å²) in [6, 6.07) is 2.20. The summed E-state index contributed by atoms with van der Waals surface area (Å²) in [6.45, 7) is 16.0. The van der Waals surface area contributed by atoms with Crippen molar-refractivity contribution in [1.82, 2.24) is 0 Å². The van der Waals surface area contributed by atoms with Crippen LogP contribution in [0.3, 0.4) is 0 Å². The van der Waals surface area contributed by atoms with Gasteiger partial charge >= 0.3 is 0 Å². The van der Waals surface area contributed by atoms with E-state index in [2.05, 4.69) is 40.7 Å². The van der Waals surface area contributed by atoms with Crippen LogP contribution in [0.15, 0.2) is 23.3 Å². The van der Waals surface area contributed by atoms with Crippen LogP contribution < -0.4 is 0 Å². The van der Waals surface area contributed by atoms with E-state index in [-0.39, 0.29) is 57.2 Å². The molecular weight excluding hydrogens is 458 g/mol. The second-order valence-electron chi connectivity index (χ2n) is 15.4. The third-order valence-corrected chi connectivity index (χ3v) is 12.9. The zero-order valence-corrected chi connectivity index (χ0v) is 24.2. The lowest BCUT2D eigenvalue weighted by molar-refractivity contribution is -0.173. The summed E-state index contributed by atoms with van der Waals surface area (Å²) in [5.74, 6) is 0.630. The van der Waals surface area contributed by atoms with Crippen LogP contribution in [0.1, 0.15) is 106 Å². The molecule has 4 heteroatoms. The quantitative estimate of drug-likeness (QED) is 0.449. The first kappa shape index (κ1) is 26.9. The van der Waals surface area contributed by atoms with Gasteiger partial charge in [-0.05, 0) is 97.4 Å². The molecule has 0 aliphatic heterocycles. The van der Waals surface area contributed by atoms with Crippen LogP contribution >= 0.6 is 0 Å². The lowest BCUT2D eigenvalue weighted by atomic mass is 9.34. The Morgan fingerprint density at radius 2 is 1.68 bits per heavy atom. The van der Waals surface area contributed by atoms with Gasteiger partial charge in [-0.15, -0.1) is 0 Å². The van der Waals surface area contributed by atoms with Crippen molar-refractivity contribution in [2.75, 3.05) is 6.61 Å². The molecule has 7 atom stereocenters. The SMILES string of the molecule is CC1(C)CC[C@]2(CCCO)CC[C@]3(C)C(C(=O)C=C4[C@@]5(C)C=C(C#N)C(=O)C(C)(C)C5CC[C@]43C)C2C1. The molecule has 0 aromatic rings. The highest BCUT2D eigenvalue weighted by atomic mass is 16.3. The molecule has 0 amide bonds. The molecule has 0 radical (unpaired) electrons. The summed E-state index contributed by atoms with van der Waals surface area (Å²) in [7, 11) is 0. The molecule has 5 aliphatic carbocycles. The van der Waals surface area contributed by atoms with Gasteiger partial charge in [-0.1, -0.05) is 60.1 Å². The molecule has 37 heavy (non-hydrogen) atoms. The van der Waals surface area contributed by atoms with Gasteiger partial charge in [0.2, 0.25) is 0 Å². The van der Waals surface area contributed by atoms with E-state index in [1.807, 2.05) is 26.0 Å². The summed E-state index contributed by atoms with van der Waals surface area (Å²) in [4.78, 5) is 27.6. The van der Waals surface area contributed by atoms with Gasteiger partial charge in [-0.3, -0.25) is 9.59 Å². The lowest BCUT2D eigenvalue weighted by Crippen LogP contribution is -2.64. The average Bonchev–Trinajstić information content (AvgIpc) is 2.82. The van der Waals surface area contributed by atoms with Crippen molar-refractivity contribution in [3.63, 3.8) is 0 Å². The second kappa shape index (κ2) is 8.14. The van der Waals surface area contributed by atoms with E-state index >= 15 is 0 Å². The van der Waals surface area contributed by atoms with E-state index < -0.39 is 10.8 Å². The first-order valence-electron chi connectivity index (χ1n) is 14.7. The Morgan fingerprint density at radius 3 is 2.32 bits per heavy atom. The fourth-order valence-corrected chi connectivity index (χ4v) is 10.6. The number of hydrogen-bond donors (Lipinski definition) is 1. The molecule has 5 aliphatic rings. The van der Waals surface area contributed by atoms with Crippen LogP contribution in [0.2, 0.25) is 0 Å². The molecule has 3 unspecified atom stereocenters. The van der Waals surface area contributed by atoms with Crippen LogP contribution in [0, 0.1) is 61.6 Å². The Kier molecular flexibility index (Phi) is 5.91. The van der Waals surface area contributed by atoms with Crippen molar-refractivity contribution in [2.45, 2.75) is 106 Å². The van der Waals surface area contributed by atoms with Crippen molar-refractivity contribution in [3.05, 3.63) is 23.3 Å². The number of fused-ring (bicyclic) bond motifs is 7. The number of carbonyl (C=O) groups is 2. The Labute approximate surface area is 224 Å². The van der Waals surface area contributed by atoms with E-state index in [0.29, 0.717) is 5.92 Å². The molecule has 3 fully saturated rings. The molecule has 0 aromatic heterocycles. The summed E-state index contributed by atoms with van der Waals surface area (Å²) < 4.78 is 0. The van der Waals surface area contributed by atoms with Crippen LogP contribution in [0.25, 0.3) is 0 Å². The van der Waals surface area contributed by atoms with E-state index in [1.54, 1.807) is 0 Å². The first-order valence-corrected chi connectivity index (χ1v) is 14.7. The van der Waals surface area contributed by atoms with Gasteiger partial charge in [0.1, 0.15) is 6.07 Å². The third kappa shape index (κ3) is 3.41. The predicted molar refractivity (Wildman–Crippen MR) is 145 cm³/mol. The predicted octanol–water partition coefficient (Wildman–Crippen LogP) is 6.98. The number of allylic oxidation sites excluding steroid dienone is 4. The van der Waals surface area contributed by atoms with E-state index in [0.717, 1.165) is 51.4 Å². The monoisotopic (exact) mass is 505 g/mol. The molecule has 0 saturated heterocycles. The zero-order chi connectivity index (χ0) is 27.2. The van der Waals surface area contributed by atoms with Crippen LogP contribution in [0.4, 0.5) is 0 Å². The minimum Gasteiger partial charge on any atom is -0.396 e. The summed E-state index contributed by atoms with van der Waals surface area (Å²) in [6.07, 6.45) is 13.2. The van der Waals surface area contributed by atoms with Gasteiger partial charge in [-0.2, -0.15) is 5.26 Å². The first-order chi connectivity index (χ1) is 17.1. The van der Waals surface area contributed by atoms with Gasteiger partial charge in [0.05, 0.1) is 5.57 Å². The zero-order valence-electron chi connectivity index (χ0n) is 24.2. The molecule has 0 aromatic carbocycles. The van der Waals surface area contributed by atoms with E-state index in [4.69, 9.17) is 0 Å². The fourth-order valence-electron chi connectivity index (χ4n) is 10.6. The van der Waals surface area contributed by atoms with E-state index in [9.17, 15) is 20.0 Å². The van der Waals surface area contributed by atoms with Crippen molar-refractivity contribution < 1.29 is 14.7 Å². The number of Topliss-reactive ketones (excluding diaryl/α,β-unsaturated/α-hetero) is 1. The van der Waals surface area contributed by atoms with Crippen molar-refractivity contribution in [3.8, 4) is 6.07 Å². The maximum Gasteiger partial charge on any atom is 0.178 e. The molecule has 202 valence electrons. The van der Waals surface area contributed by atoms with Crippen molar-refractivity contribution >= 4 is 11.6 Å². The fraction of sp³-hybridized carbons (Fsp3) is 0.788. The molecule has 3 saturated carbocycles. The van der Waals surface area contributed by atoms with Gasteiger partial charge in [-0.25, -0.2) is 0 Å². The molecule has 4 nitrogen and oxygen atoms in total. The number of nitrogens with zero attached hydrogens (tertiary/aromatic N) is 1. The number of hydrogen-bond acceptors (Lipinski definition) is 4. The van der Waals surface area contributed by atoms with Crippen LogP contribution in [-0.2, 0) is 9.59 Å². The topological polar surface area (TPSA) is 78.2 Å². The van der Waals surface area contributed by atoms with Gasteiger partial charge in [0, 0.05) is 23.4 Å². The Morgan fingerprint density at radius 1 is 1.00 bits per heavy atom. The summed E-state index contributed by atoms with van der Waals surface area (Å²) >= 11 is 0. The highest BCUT2D eigenvalue weighted by Gasteiger charge is 2.69. The molecule has 5 rings (SSSR count). The largest absolute Gasteiger partial charge is 0.396 e. The second-order valence-corrected chi connectivity index (χ2v) is 15.4. The number of carbonyl (C=O) groups excluding carboxylic acids is 2. The minimum atomic E-state index is -0.628. The highest BCUT2D eigenvalue weighted by molar-refractivity contribution is 6.04. The number of rotatable bonds is 3. The summed E-state index contributed by atoms with van der Waals surface area (Å²) in [5, 5.41) is 19.6. The number of aliphatic hydroxyl groups excluding tert-OH is 1.